The van der Waals surface area contributed by atoms with Crippen molar-refractivity contribution in [3.63, 3.8) is 0 Å². The molecule has 1 aromatic carbocycles. The van der Waals surface area contributed by atoms with Crippen LogP contribution < -0.4 is 10.1 Å². The summed E-state index contributed by atoms with van der Waals surface area (Å²) in [4.78, 5) is 16.3. The van der Waals surface area contributed by atoms with Gasteiger partial charge in [-0.25, -0.2) is 4.98 Å². The summed E-state index contributed by atoms with van der Waals surface area (Å²) in [5, 5.41) is 3.03. The number of para-hydroxylation sites is 1. The molecule has 1 atom stereocenters. The van der Waals surface area contributed by atoms with Crippen molar-refractivity contribution in [3.05, 3.63) is 47.7 Å². The third kappa shape index (κ3) is 2.63. The maximum absolute atomic E-state index is 12.3. The molecular formula is C16H18N2O3. The van der Waals surface area contributed by atoms with Gasteiger partial charge in [-0.3, -0.25) is 4.79 Å². The molecule has 5 nitrogen and oxygen atoms in total. The van der Waals surface area contributed by atoms with Gasteiger partial charge in [-0.05, 0) is 26.8 Å². The summed E-state index contributed by atoms with van der Waals surface area (Å²) in [6.07, 6.45) is 1.98. The molecule has 1 aliphatic rings. The lowest BCUT2D eigenvalue weighted by Gasteiger charge is -2.37. The number of nitrogens with zero attached hydrogens (tertiary/aromatic N) is 1. The van der Waals surface area contributed by atoms with E-state index in [9.17, 15) is 4.79 Å². The zero-order chi connectivity index (χ0) is 15.0. The quantitative estimate of drug-likeness (QED) is 0.921. The number of benzene rings is 1. The van der Waals surface area contributed by atoms with Crippen LogP contribution in [0.5, 0.6) is 5.75 Å². The van der Waals surface area contributed by atoms with Crippen LogP contribution in [-0.2, 0) is 0 Å². The van der Waals surface area contributed by atoms with Gasteiger partial charge in [-0.1, -0.05) is 18.2 Å². The molecule has 0 bridgehead atoms. The number of aryl methyl sites for hydroxylation is 1. The Labute approximate surface area is 123 Å². The molecule has 0 saturated carbocycles. The Bertz CT molecular complexity index is 676. The Morgan fingerprint density at radius 1 is 1.38 bits per heavy atom. The topological polar surface area (TPSA) is 64.4 Å². The smallest absolute Gasteiger partial charge is 0.274 e. The van der Waals surface area contributed by atoms with E-state index >= 15 is 0 Å². The van der Waals surface area contributed by atoms with E-state index in [1.54, 1.807) is 6.92 Å². The molecule has 1 aliphatic heterocycles. The van der Waals surface area contributed by atoms with Gasteiger partial charge in [0.1, 0.15) is 17.1 Å². The Kier molecular flexibility index (Phi) is 3.20. The summed E-state index contributed by atoms with van der Waals surface area (Å²) >= 11 is 0. The van der Waals surface area contributed by atoms with Gasteiger partial charge in [-0.15, -0.1) is 0 Å². The van der Waals surface area contributed by atoms with Crippen molar-refractivity contribution in [2.24, 2.45) is 0 Å². The number of ether oxygens (including phenoxy) is 1. The first kappa shape index (κ1) is 13.7. The van der Waals surface area contributed by atoms with Gasteiger partial charge >= 0.3 is 0 Å². The molecule has 0 aliphatic carbocycles. The zero-order valence-electron chi connectivity index (χ0n) is 12.3. The van der Waals surface area contributed by atoms with E-state index in [2.05, 4.69) is 10.3 Å². The maximum atomic E-state index is 12.3. The number of hydrogen-bond acceptors (Lipinski definition) is 4. The van der Waals surface area contributed by atoms with Crippen molar-refractivity contribution in [1.82, 2.24) is 10.3 Å². The van der Waals surface area contributed by atoms with Crippen LogP contribution in [0.4, 0.5) is 0 Å². The minimum Gasteiger partial charge on any atom is -0.487 e. The van der Waals surface area contributed by atoms with Crippen molar-refractivity contribution < 1.29 is 13.9 Å². The lowest BCUT2D eigenvalue weighted by Crippen LogP contribution is -2.41. The number of fused-ring (bicyclic) bond motifs is 1. The zero-order valence-corrected chi connectivity index (χ0v) is 12.3. The van der Waals surface area contributed by atoms with Crippen LogP contribution in [0.2, 0.25) is 0 Å². The van der Waals surface area contributed by atoms with Crippen molar-refractivity contribution in [2.75, 3.05) is 0 Å². The lowest BCUT2D eigenvalue weighted by atomic mass is 9.89. The molecule has 0 radical (unpaired) electrons. The summed E-state index contributed by atoms with van der Waals surface area (Å²) in [6, 6.07) is 7.68. The van der Waals surface area contributed by atoms with Crippen molar-refractivity contribution in [3.8, 4) is 5.75 Å². The fraction of sp³-hybridized carbons (Fsp3) is 0.375. The van der Waals surface area contributed by atoms with Crippen LogP contribution in [-0.4, -0.2) is 16.5 Å². The molecule has 1 aromatic heterocycles. The fourth-order valence-electron chi connectivity index (χ4n) is 2.68. The molecule has 0 unspecified atom stereocenters. The van der Waals surface area contributed by atoms with E-state index in [-0.39, 0.29) is 17.6 Å². The Morgan fingerprint density at radius 3 is 2.86 bits per heavy atom. The first-order valence-corrected chi connectivity index (χ1v) is 6.95. The third-order valence-corrected chi connectivity index (χ3v) is 3.64. The Balaban J connectivity index is 1.88. The van der Waals surface area contributed by atoms with Crippen molar-refractivity contribution in [1.29, 1.82) is 0 Å². The molecule has 3 rings (SSSR count). The monoisotopic (exact) mass is 286 g/mol. The molecule has 5 heteroatoms. The van der Waals surface area contributed by atoms with E-state index in [4.69, 9.17) is 9.15 Å². The minimum absolute atomic E-state index is 0.103. The molecule has 2 heterocycles. The molecule has 1 amide bonds. The molecule has 1 N–H and O–H groups in total. The maximum Gasteiger partial charge on any atom is 0.274 e. The van der Waals surface area contributed by atoms with Crippen LogP contribution in [0.3, 0.4) is 0 Å². The number of carbonyl (C=O) groups is 1. The standard InChI is InChI=1S/C16H18N2O3/c1-10-14(17-9-20-10)15(19)18-12-8-16(2,3)21-13-7-5-4-6-11(12)13/h4-7,9,12H,8H2,1-3H3,(H,18,19)/t12-/m0/s1. The molecule has 21 heavy (non-hydrogen) atoms. The molecular weight excluding hydrogens is 268 g/mol. The second-order valence-corrected chi connectivity index (χ2v) is 5.89. The van der Waals surface area contributed by atoms with Gasteiger partial charge in [-0.2, -0.15) is 0 Å². The Hall–Kier alpha value is -2.30. The van der Waals surface area contributed by atoms with Gasteiger partial charge in [0.25, 0.3) is 5.91 Å². The minimum atomic E-state index is -0.328. The number of oxazole rings is 1. The molecule has 0 fully saturated rings. The van der Waals surface area contributed by atoms with E-state index in [1.807, 2.05) is 38.1 Å². The van der Waals surface area contributed by atoms with Crippen LogP contribution in [0.15, 0.2) is 35.1 Å². The van der Waals surface area contributed by atoms with Crippen molar-refractivity contribution in [2.45, 2.75) is 38.8 Å². The second kappa shape index (κ2) is 4.91. The number of aromatic nitrogens is 1. The van der Waals surface area contributed by atoms with Gasteiger partial charge in [0, 0.05) is 12.0 Å². The van der Waals surface area contributed by atoms with E-state index in [0.29, 0.717) is 17.9 Å². The number of hydrogen-bond donors (Lipinski definition) is 1. The highest BCUT2D eigenvalue weighted by atomic mass is 16.5. The normalized spacial score (nSPS) is 19.5. The van der Waals surface area contributed by atoms with Gasteiger partial charge < -0.3 is 14.5 Å². The molecule has 110 valence electrons. The van der Waals surface area contributed by atoms with E-state index in [1.165, 1.54) is 6.39 Å². The average molecular weight is 286 g/mol. The summed E-state index contributed by atoms with van der Waals surface area (Å²) in [5.74, 6) is 1.11. The summed E-state index contributed by atoms with van der Waals surface area (Å²) in [7, 11) is 0. The van der Waals surface area contributed by atoms with Crippen molar-refractivity contribution >= 4 is 5.91 Å². The second-order valence-electron chi connectivity index (χ2n) is 5.89. The van der Waals surface area contributed by atoms with Gasteiger partial charge in [0.05, 0.1) is 6.04 Å². The van der Waals surface area contributed by atoms with Crippen LogP contribution in [0, 0.1) is 6.92 Å². The fourth-order valence-corrected chi connectivity index (χ4v) is 2.68. The van der Waals surface area contributed by atoms with Crippen LogP contribution in [0.25, 0.3) is 0 Å². The first-order valence-electron chi connectivity index (χ1n) is 6.95. The predicted molar refractivity (Wildman–Crippen MR) is 77.2 cm³/mol. The van der Waals surface area contributed by atoms with Gasteiger partial charge in [0.15, 0.2) is 12.1 Å². The first-order chi connectivity index (χ1) is 9.96. The van der Waals surface area contributed by atoms with E-state index < -0.39 is 0 Å². The van der Waals surface area contributed by atoms with Crippen LogP contribution >= 0.6 is 0 Å². The summed E-state index contributed by atoms with van der Waals surface area (Å²) in [6.45, 7) is 5.76. The summed E-state index contributed by atoms with van der Waals surface area (Å²) < 4.78 is 11.0. The SMILES string of the molecule is Cc1ocnc1C(=O)N[C@H]1CC(C)(C)Oc2ccccc21. The largest absolute Gasteiger partial charge is 0.487 e. The summed E-state index contributed by atoms with van der Waals surface area (Å²) in [5.41, 5.74) is 0.994. The van der Waals surface area contributed by atoms with E-state index in [0.717, 1.165) is 11.3 Å². The van der Waals surface area contributed by atoms with Gasteiger partial charge in [0.2, 0.25) is 0 Å². The predicted octanol–water partition coefficient (Wildman–Crippen LogP) is 3.02. The highest BCUT2D eigenvalue weighted by molar-refractivity contribution is 5.93. The van der Waals surface area contributed by atoms with Crippen LogP contribution in [0.1, 0.15) is 48.1 Å². The average Bonchev–Trinajstić information content (AvgIpc) is 2.83. The third-order valence-electron chi connectivity index (χ3n) is 3.64. The molecule has 0 saturated heterocycles. The number of rotatable bonds is 2. The highest BCUT2D eigenvalue weighted by Gasteiger charge is 2.34. The molecule has 2 aromatic rings. The Morgan fingerprint density at radius 2 is 2.14 bits per heavy atom. The number of nitrogens with one attached hydrogen (secondary N) is 1. The lowest BCUT2D eigenvalue weighted by molar-refractivity contribution is 0.0618. The molecule has 0 spiro atoms. The number of carbonyl (C=O) groups excluding carboxylic acids is 1. The number of amides is 1. The highest BCUT2D eigenvalue weighted by Crippen LogP contribution is 2.39.